The Kier molecular flexibility index (Phi) is 2.86. The molecule has 17 heavy (non-hydrogen) atoms. The predicted molar refractivity (Wildman–Crippen MR) is 54.6 cm³/mol. The van der Waals surface area contributed by atoms with E-state index in [1.807, 2.05) is 6.92 Å². The molecule has 1 N–H and O–H groups in total. The van der Waals surface area contributed by atoms with E-state index in [4.69, 9.17) is 0 Å². The van der Waals surface area contributed by atoms with Crippen molar-refractivity contribution in [1.29, 1.82) is 0 Å². The minimum atomic E-state index is -4.56. The van der Waals surface area contributed by atoms with Crippen LogP contribution in [-0.4, -0.2) is 26.4 Å². The Morgan fingerprint density at radius 2 is 2.06 bits per heavy atom. The van der Waals surface area contributed by atoms with Crippen molar-refractivity contribution in [2.75, 3.05) is 11.9 Å². The number of aromatic nitrogens is 4. The van der Waals surface area contributed by atoms with Gasteiger partial charge in [-0.1, -0.05) is 6.92 Å². The lowest BCUT2D eigenvalue weighted by Gasteiger charge is -2.06. The minimum Gasteiger partial charge on any atom is -0.369 e. The van der Waals surface area contributed by atoms with Crippen LogP contribution in [0, 0.1) is 0 Å². The lowest BCUT2D eigenvalue weighted by molar-refractivity contribution is -0.146. The summed E-state index contributed by atoms with van der Waals surface area (Å²) in [6.07, 6.45) is -3.70. The first kappa shape index (κ1) is 11.6. The number of rotatable bonds is 3. The quantitative estimate of drug-likeness (QED) is 0.898. The van der Waals surface area contributed by atoms with Gasteiger partial charge in [0, 0.05) is 6.54 Å². The monoisotopic (exact) mass is 245 g/mol. The molecule has 5 nitrogen and oxygen atoms in total. The van der Waals surface area contributed by atoms with Crippen LogP contribution in [0.2, 0.25) is 0 Å². The summed E-state index contributed by atoms with van der Waals surface area (Å²) in [5.41, 5.74) is 0.0689. The fourth-order valence-corrected chi connectivity index (χ4v) is 1.31. The molecule has 8 heteroatoms. The molecule has 92 valence electrons. The van der Waals surface area contributed by atoms with Crippen LogP contribution in [0.4, 0.5) is 19.0 Å². The third-order valence-corrected chi connectivity index (χ3v) is 2.07. The Morgan fingerprint density at radius 3 is 2.71 bits per heavy atom. The van der Waals surface area contributed by atoms with Crippen molar-refractivity contribution < 1.29 is 13.2 Å². The first-order chi connectivity index (χ1) is 8.02. The zero-order valence-corrected chi connectivity index (χ0v) is 8.99. The minimum absolute atomic E-state index is 0.0689. The highest BCUT2D eigenvalue weighted by Crippen LogP contribution is 2.27. The molecule has 0 unspecified atom stereocenters. The topological polar surface area (TPSA) is 55.1 Å². The van der Waals surface area contributed by atoms with Crippen LogP contribution >= 0.6 is 0 Å². The van der Waals surface area contributed by atoms with E-state index in [9.17, 15) is 13.2 Å². The van der Waals surface area contributed by atoms with Gasteiger partial charge in [-0.25, -0.2) is 0 Å². The molecule has 0 amide bonds. The van der Waals surface area contributed by atoms with Crippen molar-refractivity contribution >= 4 is 11.5 Å². The molecule has 0 saturated carbocycles. The average molecular weight is 245 g/mol. The first-order valence-electron chi connectivity index (χ1n) is 5.06. The molecule has 0 fully saturated rings. The summed E-state index contributed by atoms with van der Waals surface area (Å²) in [5, 5.41) is 13.2. The van der Waals surface area contributed by atoms with Crippen LogP contribution in [0.1, 0.15) is 19.2 Å². The largest absolute Gasteiger partial charge is 0.453 e. The molecule has 0 bridgehead atoms. The van der Waals surface area contributed by atoms with Crippen molar-refractivity contribution in [3.8, 4) is 0 Å². The number of hydrogen-bond donors (Lipinski definition) is 1. The van der Waals surface area contributed by atoms with Crippen molar-refractivity contribution in [1.82, 2.24) is 19.8 Å². The van der Waals surface area contributed by atoms with E-state index in [-0.39, 0.29) is 5.65 Å². The molecule has 2 aromatic rings. The van der Waals surface area contributed by atoms with E-state index in [1.165, 1.54) is 6.07 Å². The standard InChI is InChI=1S/C9H10F3N5/c1-2-5-13-6-3-4-7-14-15-8(9(10,11)12)17(7)16-6/h3-4H,2,5H2,1H3,(H,13,16). The Hall–Kier alpha value is -1.86. The molecule has 0 aliphatic rings. The van der Waals surface area contributed by atoms with Gasteiger partial charge in [-0.15, -0.1) is 15.3 Å². The van der Waals surface area contributed by atoms with Gasteiger partial charge in [0.1, 0.15) is 5.82 Å². The molecule has 0 aromatic carbocycles. The van der Waals surface area contributed by atoms with E-state index >= 15 is 0 Å². The number of nitrogens with zero attached hydrogens (tertiary/aromatic N) is 4. The molecule has 0 spiro atoms. The van der Waals surface area contributed by atoms with Gasteiger partial charge >= 0.3 is 6.18 Å². The summed E-state index contributed by atoms with van der Waals surface area (Å²) in [5.74, 6) is -0.753. The van der Waals surface area contributed by atoms with Gasteiger partial charge in [-0.3, -0.25) is 0 Å². The number of fused-ring (bicyclic) bond motifs is 1. The number of hydrogen-bond acceptors (Lipinski definition) is 4. The smallest absolute Gasteiger partial charge is 0.369 e. The number of nitrogens with one attached hydrogen (secondary N) is 1. The molecule has 2 heterocycles. The average Bonchev–Trinajstić information content (AvgIpc) is 2.68. The van der Waals surface area contributed by atoms with E-state index in [0.717, 1.165) is 6.42 Å². The Balaban J connectivity index is 2.43. The normalized spacial score (nSPS) is 12.0. The van der Waals surface area contributed by atoms with Gasteiger partial charge in [-0.05, 0) is 18.6 Å². The predicted octanol–water partition coefficient (Wildman–Crippen LogP) is 1.96. The first-order valence-corrected chi connectivity index (χ1v) is 5.06. The Labute approximate surface area is 94.7 Å². The third-order valence-electron chi connectivity index (χ3n) is 2.07. The Morgan fingerprint density at radius 1 is 1.29 bits per heavy atom. The highest BCUT2D eigenvalue weighted by Gasteiger charge is 2.37. The number of halogens is 3. The lowest BCUT2D eigenvalue weighted by atomic mass is 10.4. The lowest BCUT2D eigenvalue weighted by Crippen LogP contribution is -2.13. The fourth-order valence-electron chi connectivity index (χ4n) is 1.31. The molecule has 0 atom stereocenters. The summed E-state index contributed by atoms with van der Waals surface area (Å²) in [6.45, 7) is 2.59. The molecule has 0 aliphatic heterocycles. The van der Waals surface area contributed by atoms with Crippen molar-refractivity contribution in [3.05, 3.63) is 18.0 Å². The van der Waals surface area contributed by atoms with E-state index in [2.05, 4.69) is 20.6 Å². The summed E-state index contributed by atoms with van der Waals surface area (Å²) < 4.78 is 38.3. The van der Waals surface area contributed by atoms with Crippen LogP contribution in [0.25, 0.3) is 5.65 Å². The zero-order chi connectivity index (χ0) is 12.5. The zero-order valence-electron chi connectivity index (χ0n) is 8.99. The van der Waals surface area contributed by atoms with Crippen LogP contribution in [0.5, 0.6) is 0 Å². The van der Waals surface area contributed by atoms with Crippen molar-refractivity contribution in [3.63, 3.8) is 0 Å². The molecular weight excluding hydrogens is 235 g/mol. The number of alkyl halides is 3. The summed E-state index contributed by atoms with van der Waals surface area (Å²) >= 11 is 0. The van der Waals surface area contributed by atoms with Gasteiger partial charge in [0.05, 0.1) is 0 Å². The van der Waals surface area contributed by atoms with Gasteiger partial charge in [0.25, 0.3) is 5.82 Å². The van der Waals surface area contributed by atoms with E-state index in [1.54, 1.807) is 6.07 Å². The van der Waals surface area contributed by atoms with Crippen LogP contribution in [-0.2, 0) is 6.18 Å². The number of anilines is 1. The maximum absolute atomic E-state index is 12.6. The van der Waals surface area contributed by atoms with Crippen LogP contribution in [0.15, 0.2) is 12.1 Å². The summed E-state index contributed by atoms with van der Waals surface area (Å²) in [7, 11) is 0. The molecular formula is C9H10F3N5. The van der Waals surface area contributed by atoms with Crippen LogP contribution < -0.4 is 5.32 Å². The summed E-state index contributed by atoms with van der Waals surface area (Å²) in [4.78, 5) is 0. The molecule has 0 saturated heterocycles. The van der Waals surface area contributed by atoms with E-state index < -0.39 is 12.0 Å². The SMILES string of the molecule is CCCNc1ccc2nnc(C(F)(F)F)n2n1. The second-order valence-electron chi connectivity index (χ2n) is 3.44. The Bertz CT molecular complexity index is 519. The maximum atomic E-state index is 12.6. The summed E-state index contributed by atoms with van der Waals surface area (Å²) in [6, 6.07) is 3.01. The molecule has 0 aliphatic carbocycles. The second kappa shape index (κ2) is 4.19. The molecule has 2 aromatic heterocycles. The maximum Gasteiger partial charge on any atom is 0.453 e. The van der Waals surface area contributed by atoms with Gasteiger partial charge in [0.2, 0.25) is 0 Å². The van der Waals surface area contributed by atoms with Crippen molar-refractivity contribution in [2.45, 2.75) is 19.5 Å². The third kappa shape index (κ3) is 2.29. The molecule has 0 radical (unpaired) electrons. The highest BCUT2D eigenvalue weighted by atomic mass is 19.4. The van der Waals surface area contributed by atoms with Gasteiger partial charge in [0.15, 0.2) is 5.65 Å². The second-order valence-corrected chi connectivity index (χ2v) is 3.44. The fraction of sp³-hybridized carbons (Fsp3) is 0.444. The molecule has 2 rings (SSSR count). The van der Waals surface area contributed by atoms with Gasteiger partial charge < -0.3 is 5.32 Å². The van der Waals surface area contributed by atoms with E-state index in [0.29, 0.717) is 16.9 Å². The van der Waals surface area contributed by atoms with Crippen LogP contribution in [0.3, 0.4) is 0 Å². The van der Waals surface area contributed by atoms with Gasteiger partial charge in [-0.2, -0.15) is 17.7 Å². The highest BCUT2D eigenvalue weighted by molar-refractivity contribution is 5.44. The van der Waals surface area contributed by atoms with Crippen molar-refractivity contribution in [2.24, 2.45) is 0 Å².